The quantitative estimate of drug-likeness (QED) is 0.342. The normalized spacial score (nSPS) is 16.6. The van der Waals surface area contributed by atoms with Gasteiger partial charge in [0.2, 0.25) is 5.88 Å². The lowest BCUT2D eigenvalue weighted by Crippen LogP contribution is -2.33. The van der Waals surface area contributed by atoms with Gasteiger partial charge in [-0.2, -0.15) is 5.10 Å². The molecular weight excluding hydrogens is 441 g/mol. The van der Waals surface area contributed by atoms with Gasteiger partial charge in [-0.1, -0.05) is 0 Å². The number of anilines is 1. The topological polar surface area (TPSA) is 114 Å². The number of carbonyl (C=O) groups is 2. The summed E-state index contributed by atoms with van der Waals surface area (Å²) in [6.45, 7) is 2.14. The Hall–Kier alpha value is -4.28. The predicted molar refractivity (Wildman–Crippen MR) is 124 cm³/mol. The number of pyridine rings is 1. The van der Waals surface area contributed by atoms with Crippen molar-refractivity contribution in [3.8, 4) is 5.88 Å². The molecule has 11 heteroatoms. The van der Waals surface area contributed by atoms with Gasteiger partial charge in [0.05, 0.1) is 18.9 Å². The summed E-state index contributed by atoms with van der Waals surface area (Å²) in [5.74, 6) is -0.190. The second-order valence-corrected chi connectivity index (χ2v) is 7.98. The molecule has 1 aliphatic rings. The number of ether oxygens (including phenoxy) is 1. The second-order valence-electron chi connectivity index (χ2n) is 7.98. The number of amides is 1. The predicted octanol–water partition coefficient (Wildman–Crippen LogP) is 2.04. The van der Waals surface area contributed by atoms with Gasteiger partial charge in [0, 0.05) is 49.7 Å². The molecule has 0 aliphatic carbocycles. The first-order valence-electron chi connectivity index (χ1n) is 10.6. The smallest absolute Gasteiger partial charge is 0.256 e. The van der Waals surface area contributed by atoms with Gasteiger partial charge in [-0.05, 0) is 25.1 Å². The Labute approximate surface area is 195 Å². The van der Waals surface area contributed by atoms with Gasteiger partial charge in [0.1, 0.15) is 29.6 Å². The van der Waals surface area contributed by atoms with E-state index < -0.39 is 11.9 Å². The van der Waals surface area contributed by atoms with Gasteiger partial charge >= 0.3 is 0 Å². The molecule has 176 valence electrons. The molecule has 0 spiro atoms. The molecule has 1 aliphatic heterocycles. The third kappa shape index (κ3) is 4.87. The maximum atomic E-state index is 14.0. The Morgan fingerprint density at radius 1 is 1.32 bits per heavy atom. The highest BCUT2D eigenvalue weighted by Crippen LogP contribution is 2.27. The van der Waals surface area contributed by atoms with Gasteiger partial charge in [0.15, 0.2) is 5.65 Å². The molecule has 2 bridgehead atoms. The zero-order valence-corrected chi connectivity index (χ0v) is 18.9. The fourth-order valence-electron chi connectivity index (χ4n) is 3.49. The Kier molecular flexibility index (Phi) is 6.53. The van der Waals surface area contributed by atoms with Crippen LogP contribution in [0.15, 0.2) is 43.0 Å². The second kappa shape index (κ2) is 9.69. The number of aromatic nitrogens is 4. The monoisotopic (exact) mass is 465 g/mol. The van der Waals surface area contributed by atoms with Gasteiger partial charge < -0.3 is 20.3 Å². The van der Waals surface area contributed by atoms with E-state index >= 15 is 0 Å². The lowest BCUT2D eigenvalue weighted by molar-refractivity contribution is -0.104. The average Bonchev–Trinajstić information content (AvgIpc) is 3.22. The van der Waals surface area contributed by atoms with Crippen LogP contribution >= 0.6 is 0 Å². The minimum Gasteiger partial charge on any atom is -0.473 e. The molecule has 3 aromatic heterocycles. The summed E-state index contributed by atoms with van der Waals surface area (Å²) < 4.78 is 21.4. The van der Waals surface area contributed by atoms with Gasteiger partial charge in [-0.25, -0.2) is 18.9 Å². The van der Waals surface area contributed by atoms with Crippen molar-refractivity contribution in [2.45, 2.75) is 19.6 Å². The first kappa shape index (κ1) is 22.9. The summed E-state index contributed by atoms with van der Waals surface area (Å²) >= 11 is 0. The van der Waals surface area contributed by atoms with Crippen molar-refractivity contribution < 1.29 is 18.7 Å². The molecule has 4 rings (SSSR count). The zero-order chi connectivity index (χ0) is 24.2. The summed E-state index contributed by atoms with van der Waals surface area (Å²) in [5.41, 5.74) is 2.41. The number of carbonyl (C=O) groups excluding carboxylic acids is 2. The highest BCUT2D eigenvalue weighted by molar-refractivity contribution is 6.00. The maximum Gasteiger partial charge on any atom is 0.256 e. The molecule has 1 unspecified atom stereocenters. The average molecular weight is 465 g/mol. The van der Waals surface area contributed by atoms with Crippen molar-refractivity contribution in [1.82, 2.24) is 29.8 Å². The van der Waals surface area contributed by atoms with Gasteiger partial charge in [-0.3, -0.25) is 9.59 Å². The molecular formula is C23H24FN7O3. The Balaban J connectivity index is 1.89. The van der Waals surface area contributed by atoms with Crippen LogP contribution in [0, 0.1) is 5.82 Å². The first-order valence-corrected chi connectivity index (χ1v) is 10.6. The Morgan fingerprint density at radius 2 is 2.15 bits per heavy atom. The van der Waals surface area contributed by atoms with E-state index in [1.54, 1.807) is 19.2 Å². The SMILES string of the molecule is CC1CNC(=O)c2cnn3cc(C(/C=C\C=O)=C/N(C)C)c(nc23)NCc2cc(F)cnc2O1. The van der Waals surface area contributed by atoms with Crippen LogP contribution in [0.1, 0.15) is 28.4 Å². The van der Waals surface area contributed by atoms with Crippen LogP contribution in [0.25, 0.3) is 11.2 Å². The number of hydrogen-bond acceptors (Lipinski definition) is 8. The highest BCUT2D eigenvalue weighted by atomic mass is 19.1. The lowest BCUT2D eigenvalue weighted by atomic mass is 10.1. The molecule has 4 heterocycles. The fourth-order valence-corrected chi connectivity index (χ4v) is 3.49. The van der Waals surface area contributed by atoms with Crippen LogP contribution in [0.5, 0.6) is 5.88 Å². The zero-order valence-electron chi connectivity index (χ0n) is 18.9. The molecule has 0 fully saturated rings. The first-order chi connectivity index (χ1) is 16.4. The lowest BCUT2D eigenvalue weighted by Gasteiger charge is -2.17. The van der Waals surface area contributed by atoms with Crippen LogP contribution < -0.4 is 15.4 Å². The Morgan fingerprint density at radius 3 is 2.91 bits per heavy atom. The van der Waals surface area contributed by atoms with E-state index in [9.17, 15) is 14.0 Å². The van der Waals surface area contributed by atoms with Crippen LogP contribution in [-0.2, 0) is 11.3 Å². The number of fused-ring (bicyclic) bond motifs is 2. The van der Waals surface area contributed by atoms with Crippen LogP contribution in [-0.4, -0.2) is 63.4 Å². The number of rotatable bonds is 4. The molecule has 0 aromatic carbocycles. The van der Waals surface area contributed by atoms with Crippen LogP contribution in [0.3, 0.4) is 0 Å². The molecule has 0 saturated heterocycles. The summed E-state index contributed by atoms with van der Waals surface area (Å²) in [6, 6.07) is 1.34. The van der Waals surface area contributed by atoms with Crippen molar-refractivity contribution in [1.29, 1.82) is 0 Å². The largest absolute Gasteiger partial charge is 0.473 e. The minimum absolute atomic E-state index is 0.153. The van der Waals surface area contributed by atoms with Crippen LogP contribution in [0.2, 0.25) is 0 Å². The van der Waals surface area contributed by atoms with Crippen molar-refractivity contribution in [3.63, 3.8) is 0 Å². The number of allylic oxidation sites excluding steroid dienone is 3. The summed E-state index contributed by atoms with van der Waals surface area (Å²) in [4.78, 5) is 34.4. The molecule has 34 heavy (non-hydrogen) atoms. The molecule has 2 N–H and O–H groups in total. The van der Waals surface area contributed by atoms with E-state index in [0.717, 1.165) is 6.20 Å². The third-order valence-electron chi connectivity index (χ3n) is 5.00. The highest BCUT2D eigenvalue weighted by Gasteiger charge is 2.21. The number of halogens is 1. The molecule has 1 amide bonds. The maximum absolute atomic E-state index is 14.0. The summed E-state index contributed by atoms with van der Waals surface area (Å²) in [5, 5.41) is 10.3. The van der Waals surface area contributed by atoms with E-state index in [2.05, 4.69) is 25.7 Å². The third-order valence-corrected chi connectivity index (χ3v) is 5.00. The molecule has 0 saturated carbocycles. The van der Waals surface area contributed by atoms with E-state index in [1.165, 1.54) is 22.9 Å². The van der Waals surface area contributed by atoms with Crippen molar-refractivity contribution in [2.75, 3.05) is 26.0 Å². The fraction of sp³-hybridized carbons (Fsp3) is 0.261. The van der Waals surface area contributed by atoms with Crippen molar-refractivity contribution in [2.24, 2.45) is 0 Å². The molecule has 0 radical (unpaired) electrons. The van der Waals surface area contributed by atoms with Gasteiger partial charge in [0.25, 0.3) is 5.91 Å². The Bertz CT molecular complexity index is 1300. The summed E-state index contributed by atoms with van der Waals surface area (Å²) in [6.07, 6.45) is 9.34. The number of hydrogen-bond donors (Lipinski definition) is 2. The van der Waals surface area contributed by atoms with Gasteiger partial charge in [-0.15, -0.1) is 0 Å². The van der Waals surface area contributed by atoms with E-state index in [0.29, 0.717) is 40.0 Å². The summed E-state index contributed by atoms with van der Waals surface area (Å²) in [7, 11) is 3.70. The van der Waals surface area contributed by atoms with E-state index in [1.807, 2.05) is 25.2 Å². The van der Waals surface area contributed by atoms with Crippen molar-refractivity contribution >= 4 is 29.2 Å². The molecule has 10 nitrogen and oxygen atoms in total. The minimum atomic E-state index is -0.502. The van der Waals surface area contributed by atoms with E-state index in [-0.39, 0.29) is 24.9 Å². The molecule has 3 aromatic rings. The number of aldehydes is 1. The standard InChI is InChI=1S/C23H24FN7O3/c1-14-8-26-22(33)18-11-28-31-13-19(15(5-4-6-32)12-30(2)3)20(29-21(18)31)25-9-16-7-17(24)10-27-23(16)34-14/h4-7,10-14H,8-9H2,1-3H3,(H,25,29)(H,26,33)/b5-4-,15-12+. The number of nitrogens with zero attached hydrogens (tertiary/aromatic N) is 5. The molecule has 1 atom stereocenters. The van der Waals surface area contributed by atoms with E-state index in [4.69, 9.17) is 4.74 Å². The van der Waals surface area contributed by atoms with Crippen molar-refractivity contribution in [3.05, 3.63) is 65.5 Å². The number of nitrogens with one attached hydrogen (secondary N) is 2. The van der Waals surface area contributed by atoms with Crippen LogP contribution in [0.4, 0.5) is 10.2 Å².